The van der Waals surface area contributed by atoms with Gasteiger partial charge in [-0.05, 0) is 24.3 Å². The highest BCUT2D eigenvalue weighted by Gasteiger charge is 2.08. The number of hydrogen-bond acceptors (Lipinski definition) is 2. The molecule has 0 N–H and O–H groups in total. The van der Waals surface area contributed by atoms with E-state index in [4.69, 9.17) is 21.6 Å². The number of nitriles is 1. The van der Waals surface area contributed by atoms with Gasteiger partial charge in [-0.25, -0.2) is 8.78 Å². The molecule has 2 rings (SSSR count). The molecular weight excluding hydrogens is 260 g/mol. The smallest absolute Gasteiger partial charge is 0.165 e. The normalized spacial score (nSPS) is 9.89. The summed E-state index contributed by atoms with van der Waals surface area (Å²) in [7, 11) is 0. The summed E-state index contributed by atoms with van der Waals surface area (Å²) >= 11 is 5.80. The molecule has 90 valence electrons. The highest BCUT2D eigenvalue weighted by molar-refractivity contribution is 6.31. The van der Waals surface area contributed by atoms with Crippen LogP contribution in [0.15, 0.2) is 36.4 Å². The molecule has 0 heterocycles. The van der Waals surface area contributed by atoms with Crippen molar-refractivity contribution in [3.8, 4) is 17.6 Å². The summed E-state index contributed by atoms with van der Waals surface area (Å²) in [6.45, 7) is 0. The summed E-state index contributed by atoms with van der Waals surface area (Å²) in [5.74, 6) is -1.30. The average Bonchev–Trinajstić information content (AvgIpc) is 2.34. The summed E-state index contributed by atoms with van der Waals surface area (Å²) in [6.07, 6.45) is 0. The van der Waals surface area contributed by atoms with E-state index >= 15 is 0 Å². The fourth-order valence-corrected chi connectivity index (χ4v) is 1.55. The summed E-state index contributed by atoms with van der Waals surface area (Å²) in [4.78, 5) is 0. The first-order chi connectivity index (χ1) is 8.60. The van der Waals surface area contributed by atoms with Gasteiger partial charge in [-0.15, -0.1) is 0 Å². The van der Waals surface area contributed by atoms with Gasteiger partial charge in [0.15, 0.2) is 11.6 Å². The maximum Gasteiger partial charge on any atom is 0.165 e. The van der Waals surface area contributed by atoms with E-state index in [1.807, 2.05) is 6.07 Å². The predicted octanol–water partition coefficient (Wildman–Crippen LogP) is 4.28. The molecule has 0 amide bonds. The number of halogens is 3. The van der Waals surface area contributed by atoms with E-state index in [0.717, 1.165) is 18.2 Å². The number of ether oxygens (including phenoxy) is 1. The lowest BCUT2D eigenvalue weighted by Gasteiger charge is -2.07. The van der Waals surface area contributed by atoms with Gasteiger partial charge < -0.3 is 4.74 Å². The number of nitrogens with zero attached hydrogens (tertiary/aromatic N) is 1. The zero-order chi connectivity index (χ0) is 13.1. The van der Waals surface area contributed by atoms with Gasteiger partial charge in [0.25, 0.3) is 0 Å². The Balaban J connectivity index is 2.32. The van der Waals surface area contributed by atoms with Crippen LogP contribution in [0.1, 0.15) is 5.56 Å². The van der Waals surface area contributed by atoms with E-state index in [-0.39, 0.29) is 22.1 Å². The molecule has 0 aromatic heterocycles. The molecule has 18 heavy (non-hydrogen) atoms. The van der Waals surface area contributed by atoms with E-state index in [1.54, 1.807) is 0 Å². The molecule has 0 saturated carbocycles. The molecular formula is C13H6ClF2NO. The van der Waals surface area contributed by atoms with Crippen LogP contribution in [0.4, 0.5) is 8.78 Å². The van der Waals surface area contributed by atoms with Gasteiger partial charge in [0, 0.05) is 12.1 Å². The second-order valence-corrected chi connectivity index (χ2v) is 3.84. The van der Waals surface area contributed by atoms with Crippen molar-refractivity contribution in [1.82, 2.24) is 0 Å². The van der Waals surface area contributed by atoms with Crippen molar-refractivity contribution >= 4 is 11.6 Å². The molecule has 0 saturated heterocycles. The Morgan fingerprint density at radius 1 is 1.11 bits per heavy atom. The first kappa shape index (κ1) is 12.3. The van der Waals surface area contributed by atoms with Gasteiger partial charge >= 0.3 is 0 Å². The minimum Gasteiger partial charge on any atom is -0.454 e. The van der Waals surface area contributed by atoms with Crippen LogP contribution in [-0.4, -0.2) is 0 Å². The molecule has 0 fully saturated rings. The van der Waals surface area contributed by atoms with Crippen LogP contribution in [0, 0.1) is 23.0 Å². The lowest BCUT2D eigenvalue weighted by molar-refractivity contribution is 0.436. The Hall–Kier alpha value is -2.12. The molecule has 0 aliphatic rings. The second kappa shape index (κ2) is 5.03. The summed E-state index contributed by atoms with van der Waals surface area (Å²) < 4.78 is 31.4. The Kier molecular flexibility index (Phi) is 3.45. The predicted molar refractivity (Wildman–Crippen MR) is 62.6 cm³/mol. The highest BCUT2D eigenvalue weighted by atomic mass is 35.5. The number of benzene rings is 2. The van der Waals surface area contributed by atoms with Crippen LogP contribution in [0.2, 0.25) is 5.02 Å². The van der Waals surface area contributed by atoms with E-state index < -0.39 is 11.6 Å². The number of hydrogen-bond donors (Lipinski definition) is 0. The van der Waals surface area contributed by atoms with Crippen molar-refractivity contribution in [2.75, 3.05) is 0 Å². The maximum absolute atomic E-state index is 13.3. The lowest BCUT2D eigenvalue weighted by atomic mass is 10.2. The molecule has 0 radical (unpaired) electrons. The van der Waals surface area contributed by atoms with Gasteiger partial charge in [-0.3, -0.25) is 0 Å². The standard InChI is InChI=1S/C13H6ClF2NO/c14-11-6-10(3-1-8(11)7-17)18-13-5-9(15)2-4-12(13)16/h1-6H. The molecule has 0 atom stereocenters. The van der Waals surface area contributed by atoms with Gasteiger partial charge in [-0.2, -0.15) is 5.26 Å². The van der Waals surface area contributed by atoms with Crippen LogP contribution >= 0.6 is 11.6 Å². The SMILES string of the molecule is N#Cc1ccc(Oc2cc(F)ccc2F)cc1Cl. The average molecular weight is 266 g/mol. The van der Waals surface area contributed by atoms with Crippen molar-refractivity contribution in [3.05, 3.63) is 58.6 Å². The van der Waals surface area contributed by atoms with Gasteiger partial charge in [-0.1, -0.05) is 11.6 Å². The molecule has 2 aromatic carbocycles. The van der Waals surface area contributed by atoms with Crippen molar-refractivity contribution < 1.29 is 13.5 Å². The van der Waals surface area contributed by atoms with Crippen molar-refractivity contribution in [1.29, 1.82) is 5.26 Å². The fourth-order valence-electron chi connectivity index (χ4n) is 1.33. The van der Waals surface area contributed by atoms with Gasteiger partial charge in [0.1, 0.15) is 17.6 Å². The third-order valence-corrected chi connectivity index (χ3v) is 2.49. The van der Waals surface area contributed by atoms with E-state index in [0.29, 0.717) is 0 Å². The van der Waals surface area contributed by atoms with Gasteiger partial charge in [0.2, 0.25) is 0 Å². The number of rotatable bonds is 2. The summed E-state index contributed by atoms with van der Waals surface area (Å²) in [5, 5.41) is 8.88. The van der Waals surface area contributed by atoms with E-state index in [2.05, 4.69) is 0 Å². The zero-order valence-corrected chi connectivity index (χ0v) is 9.71. The first-order valence-corrected chi connectivity index (χ1v) is 5.30. The molecule has 0 spiro atoms. The molecule has 2 nitrogen and oxygen atoms in total. The third-order valence-electron chi connectivity index (χ3n) is 2.18. The van der Waals surface area contributed by atoms with Crippen LogP contribution in [0.25, 0.3) is 0 Å². The molecule has 0 unspecified atom stereocenters. The van der Waals surface area contributed by atoms with E-state index in [9.17, 15) is 8.78 Å². The van der Waals surface area contributed by atoms with E-state index in [1.165, 1.54) is 18.2 Å². The quantitative estimate of drug-likeness (QED) is 0.812. The van der Waals surface area contributed by atoms with Crippen LogP contribution < -0.4 is 4.74 Å². The minimum absolute atomic E-state index is 0.187. The van der Waals surface area contributed by atoms with Crippen LogP contribution in [0.3, 0.4) is 0 Å². The minimum atomic E-state index is -0.683. The fraction of sp³-hybridized carbons (Fsp3) is 0. The molecule has 5 heteroatoms. The summed E-state index contributed by atoms with van der Waals surface area (Å²) in [5.41, 5.74) is 0.281. The Morgan fingerprint density at radius 3 is 2.56 bits per heavy atom. The topological polar surface area (TPSA) is 33.0 Å². The lowest BCUT2D eigenvalue weighted by Crippen LogP contribution is -1.90. The second-order valence-electron chi connectivity index (χ2n) is 3.43. The summed E-state index contributed by atoms with van der Waals surface area (Å²) in [6, 6.07) is 9.04. The Morgan fingerprint density at radius 2 is 1.89 bits per heavy atom. The van der Waals surface area contributed by atoms with Crippen molar-refractivity contribution in [3.63, 3.8) is 0 Å². The van der Waals surface area contributed by atoms with Crippen LogP contribution in [-0.2, 0) is 0 Å². The van der Waals surface area contributed by atoms with Crippen molar-refractivity contribution in [2.45, 2.75) is 0 Å². The highest BCUT2D eigenvalue weighted by Crippen LogP contribution is 2.28. The third kappa shape index (κ3) is 2.58. The van der Waals surface area contributed by atoms with Gasteiger partial charge in [0.05, 0.1) is 10.6 Å². The molecule has 0 aliphatic carbocycles. The largest absolute Gasteiger partial charge is 0.454 e. The molecule has 2 aromatic rings. The first-order valence-electron chi connectivity index (χ1n) is 4.92. The monoisotopic (exact) mass is 265 g/mol. The molecule has 0 bridgehead atoms. The zero-order valence-electron chi connectivity index (χ0n) is 8.95. The molecule has 0 aliphatic heterocycles. The Labute approximate surface area is 107 Å². The van der Waals surface area contributed by atoms with Crippen molar-refractivity contribution in [2.24, 2.45) is 0 Å². The maximum atomic E-state index is 13.3. The van der Waals surface area contributed by atoms with Crippen LogP contribution in [0.5, 0.6) is 11.5 Å². The Bertz CT molecular complexity index is 637.